The van der Waals surface area contributed by atoms with Gasteiger partial charge in [-0.1, -0.05) is 35.3 Å². The van der Waals surface area contributed by atoms with E-state index in [2.05, 4.69) is 25.7 Å². The maximum Gasteiger partial charge on any atom is 0.323 e. The van der Waals surface area contributed by atoms with Gasteiger partial charge in [-0.2, -0.15) is 0 Å². The Kier molecular flexibility index (Phi) is 6.32. The van der Waals surface area contributed by atoms with Crippen molar-refractivity contribution in [1.82, 2.24) is 10.2 Å². The molecule has 1 aliphatic rings. The first-order valence-corrected chi connectivity index (χ1v) is 10.1. The summed E-state index contributed by atoms with van der Waals surface area (Å²) in [7, 11) is 0. The van der Waals surface area contributed by atoms with Crippen LogP contribution in [0.4, 0.5) is 22.0 Å². The van der Waals surface area contributed by atoms with Crippen molar-refractivity contribution in [2.45, 2.75) is 0 Å². The zero-order valence-electron chi connectivity index (χ0n) is 15.9. The SMILES string of the molecule is O=C(Nc1ccc(-c2ccc(N3CCOCC3)nn2)cc1)Nc1cc(Cl)cc(Cl)c1. The number of morpholine rings is 1. The molecule has 2 amide bonds. The minimum absolute atomic E-state index is 0.393. The smallest absolute Gasteiger partial charge is 0.323 e. The summed E-state index contributed by atoms with van der Waals surface area (Å²) in [5.41, 5.74) is 2.82. The second kappa shape index (κ2) is 9.30. The van der Waals surface area contributed by atoms with Crippen molar-refractivity contribution in [2.24, 2.45) is 0 Å². The number of hydrogen-bond donors (Lipinski definition) is 2. The third-order valence-electron chi connectivity index (χ3n) is 4.54. The van der Waals surface area contributed by atoms with Crippen molar-refractivity contribution in [2.75, 3.05) is 41.8 Å². The van der Waals surface area contributed by atoms with Crippen LogP contribution in [0, 0.1) is 0 Å². The lowest BCUT2D eigenvalue weighted by atomic mass is 10.1. The molecule has 2 heterocycles. The Labute approximate surface area is 184 Å². The molecule has 0 radical (unpaired) electrons. The van der Waals surface area contributed by atoms with Gasteiger partial charge in [-0.3, -0.25) is 0 Å². The monoisotopic (exact) mass is 443 g/mol. The second-order valence-electron chi connectivity index (χ2n) is 6.69. The normalized spacial score (nSPS) is 13.7. The minimum Gasteiger partial charge on any atom is -0.378 e. The molecule has 4 rings (SSSR count). The highest BCUT2D eigenvalue weighted by atomic mass is 35.5. The summed E-state index contributed by atoms with van der Waals surface area (Å²) in [6, 6.07) is 15.7. The van der Waals surface area contributed by atoms with E-state index in [4.69, 9.17) is 27.9 Å². The van der Waals surface area contributed by atoms with E-state index in [1.165, 1.54) is 0 Å². The fourth-order valence-electron chi connectivity index (χ4n) is 3.08. The van der Waals surface area contributed by atoms with Gasteiger partial charge in [0.25, 0.3) is 0 Å². The van der Waals surface area contributed by atoms with E-state index in [9.17, 15) is 4.79 Å². The van der Waals surface area contributed by atoms with Crippen LogP contribution in [0.3, 0.4) is 0 Å². The van der Waals surface area contributed by atoms with E-state index in [1.54, 1.807) is 30.3 Å². The summed E-state index contributed by atoms with van der Waals surface area (Å²) in [5.74, 6) is 0.845. The molecule has 1 fully saturated rings. The van der Waals surface area contributed by atoms with Crippen molar-refractivity contribution in [3.63, 3.8) is 0 Å². The lowest BCUT2D eigenvalue weighted by molar-refractivity contribution is 0.122. The molecule has 0 saturated carbocycles. The number of aromatic nitrogens is 2. The Hall–Kier alpha value is -2.87. The number of hydrogen-bond acceptors (Lipinski definition) is 5. The Balaban J connectivity index is 1.38. The lowest BCUT2D eigenvalue weighted by Gasteiger charge is -2.27. The molecule has 1 aliphatic heterocycles. The summed E-state index contributed by atoms with van der Waals surface area (Å²) in [5, 5.41) is 15.0. The average Bonchev–Trinajstić information content (AvgIpc) is 2.74. The number of nitrogens with one attached hydrogen (secondary N) is 2. The number of anilines is 3. The van der Waals surface area contributed by atoms with Crippen LogP contribution in [0.25, 0.3) is 11.3 Å². The van der Waals surface area contributed by atoms with E-state index in [0.29, 0.717) is 34.6 Å². The van der Waals surface area contributed by atoms with Gasteiger partial charge >= 0.3 is 6.03 Å². The van der Waals surface area contributed by atoms with Crippen molar-refractivity contribution in [3.05, 3.63) is 64.6 Å². The summed E-state index contributed by atoms with van der Waals surface area (Å²) in [6.45, 7) is 3.04. The number of benzene rings is 2. The molecule has 1 aromatic heterocycles. The Morgan fingerprint density at radius 1 is 0.867 bits per heavy atom. The van der Waals surface area contributed by atoms with Gasteiger partial charge < -0.3 is 20.3 Å². The molecule has 0 spiro atoms. The van der Waals surface area contributed by atoms with E-state index < -0.39 is 6.03 Å². The zero-order valence-corrected chi connectivity index (χ0v) is 17.5. The Bertz CT molecular complexity index is 1000. The van der Waals surface area contributed by atoms with Crippen LogP contribution in [0.5, 0.6) is 0 Å². The molecule has 2 aromatic carbocycles. The largest absolute Gasteiger partial charge is 0.378 e. The third-order valence-corrected chi connectivity index (χ3v) is 4.98. The molecular formula is C21H19Cl2N5O2. The van der Waals surface area contributed by atoms with Crippen molar-refractivity contribution in [1.29, 1.82) is 0 Å². The summed E-state index contributed by atoms with van der Waals surface area (Å²) >= 11 is 11.9. The first-order chi connectivity index (χ1) is 14.6. The van der Waals surface area contributed by atoms with Gasteiger partial charge in [-0.05, 0) is 42.5 Å². The maximum absolute atomic E-state index is 12.2. The van der Waals surface area contributed by atoms with Gasteiger partial charge in [0.2, 0.25) is 0 Å². The van der Waals surface area contributed by atoms with Gasteiger partial charge in [0.1, 0.15) is 0 Å². The molecule has 2 N–H and O–H groups in total. The Morgan fingerprint density at radius 2 is 1.53 bits per heavy atom. The number of urea groups is 1. The quantitative estimate of drug-likeness (QED) is 0.597. The molecular weight excluding hydrogens is 425 g/mol. The van der Waals surface area contributed by atoms with Crippen LogP contribution in [0.2, 0.25) is 10.0 Å². The van der Waals surface area contributed by atoms with Crippen molar-refractivity contribution >= 4 is 46.4 Å². The molecule has 9 heteroatoms. The average molecular weight is 444 g/mol. The molecule has 0 bridgehead atoms. The lowest BCUT2D eigenvalue weighted by Crippen LogP contribution is -2.36. The molecule has 7 nitrogen and oxygen atoms in total. The molecule has 30 heavy (non-hydrogen) atoms. The highest BCUT2D eigenvalue weighted by Crippen LogP contribution is 2.24. The first kappa shape index (κ1) is 20.4. The van der Waals surface area contributed by atoms with Crippen LogP contribution in [-0.2, 0) is 4.74 Å². The maximum atomic E-state index is 12.2. The van der Waals surface area contributed by atoms with Crippen LogP contribution < -0.4 is 15.5 Å². The van der Waals surface area contributed by atoms with Crippen LogP contribution in [0.15, 0.2) is 54.6 Å². The van der Waals surface area contributed by atoms with Gasteiger partial charge in [0, 0.05) is 40.1 Å². The van der Waals surface area contributed by atoms with E-state index >= 15 is 0 Å². The fraction of sp³-hybridized carbons (Fsp3) is 0.190. The van der Waals surface area contributed by atoms with Crippen molar-refractivity contribution in [3.8, 4) is 11.3 Å². The molecule has 3 aromatic rings. The zero-order chi connectivity index (χ0) is 20.9. The third kappa shape index (κ3) is 5.18. The number of carbonyl (C=O) groups excluding carboxylic acids is 1. The number of nitrogens with zero attached hydrogens (tertiary/aromatic N) is 3. The number of ether oxygens (including phenoxy) is 1. The molecule has 0 atom stereocenters. The predicted octanol–water partition coefficient (Wildman–Crippen LogP) is 4.93. The van der Waals surface area contributed by atoms with E-state index in [1.807, 2.05) is 24.3 Å². The number of halogens is 2. The van der Waals surface area contributed by atoms with Gasteiger partial charge in [-0.15, -0.1) is 10.2 Å². The predicted molar refractivity (Wildman–Crippen MR) is 120 cm³/mol. The van der Waals surface area contributed by atoms with Crippen LogP contribution >= 0.6 is 23.2 Å². The summed E-state index contributed by atoms with van der Waals surface area (Å²) < 4.78 is 5.36. The number of rotatable bonds is 4. The van der Waals surface area contributed by atoms with Crippen molar-refractivity contribution < 1.29 is 9.53 Å². The molecule has 154 valence electrons. The number of carbonyl (C=O) groups is 1. The second-order valence-corrected chi connectivity index (χ2v) is 7.56. The van der Waals surface area contributed by atoms with E-state index in [0.717, 1.165) is 30.2 Å². The van der Waals surface area contributed by atoms with Gasteiger partial charge in [-0.25, -0.2) is 4.79 Å². The fourth-order valence-corrected chi connectivity index (χ4v) is 3.61. The first-order valence-electron chi connectivity index (χ1n) is 9.38. The van der Waals surface area contributed by atoms with E-state index in [-0.39, 0.29) is 0 Å². The van der Waals surface area contributed by atoms with Gasteiger partial charge in [0.15, 0.2) is 5.82 Å². The Morgan fingerprint density at radius 3 is 2.17 bits per heavy atom. The highest BCUT2D eigenvalue weighted by molar-refractivity contribution is 6.35. The topological polar surface area (TPSA) is 79.4 Å². The molecule has 0 unspecified atom stereocenters. The van der Waals surface area contributed by atoms with Crippen LogP contribution in [-0.4, -0.2) is 42.5 Å². The highest BCUT2D eigenvalue weighted by Gasteiger charge is 2.13. The molecule has 1 saturated heterocycles. The number of amides is 2. The van der Waals surface area contributed by atoms with Gasteiger partial charge in [0.05, 0.1) is 18.9 Å². The summed E-state index contributed by atoms with van der Waals surface area (Å²) in [6.07, 6.45) is 0. The molecule has 0 aliphatic carbocycles. The standard InChI is InChI=1S/C21H19Cl2N5O2/c22-15-11-16(23)13-18(12-15)25-21(29)24-17-3-1-14(2-4-17)19-5-6-20(27-26-19)28-7-9-30-10-8-28/h1-6,11-13H,7-10H2,(H2,24,25,29). The minimum atomic E-state index is -0.393. The van der Waals surface area contributed by atoms with Crippen LogP contribution in [0.1, 0.15) is 0 Å². The summed E-state index contributed by atoms with van der Waals surface area (Å²) in [4.78, 5) is 14.4.